The first-order chi connectivity index (χ1) is 6.63. The second-order valence-electron chi connectivity index (χ2n) is 3.27. The van der Waals surface area contributed by atoms with Crippen molar-refractivity contribution in [1.82, 2.24) is 0 Å². The summed E-state index contributed by atoms with van der Waals surface area (Å²) in [6, 6.07) is 5.94. The Balaban J connectivity index is 2.55. The van der Waals surface area contributed by atoms with Gasteiger partial charge in [0.2, 0.25) is 0 Å². The topological polar surface area (TPSA) is 18.5 Å². The maximum absolute atomic E-state index is 5.55. The molecule has 1 rings (SSSR count). The van der Waals surface area contributed by atoms with Crippen molar-refractivity contribution in [3.05, 3.63) is 28.2 Å². The number of hydrogen-bond donors (Lipinski definition) is 0. The molecule has 0 aliphatic heterocycles. The van der Waals surface area contributed by atoms with E-state index in [1.165, 1.54) is 5.56 Å². The van der Waals surface area contributed by atoms with E-state index in [4.69, 9.17) is 9.47 Å². The van der Waals surface area contributed by atoms with Gasteiger partial charge in [0.05, 0.1) is 6.10 Å². The average molecular weight is 259 g/mol. The van der Waals surface area contributed by atoms with E-state index in [-0.39, 0.29) is 6.10 Å². The zero-order chi connectivity index (χ0) is 10.6. The van der Waals surface area contributed by atoms with E-state index in [1.807, 2.05) is 32.0 Å². The molecule has 0 saturated carbocycles. The zero-order valence-electron chi connectivity index (χ0n) is 8.71. The Bertz CT molecular complexity index is 299. The third-order valence-electron chi connectivity index (χ3n) is 2.02. The smallest absolute Gasteiger partial charge is 0.119 e. The predicted molar refractivity (Wildman–Crippen MR) is 60.8 cm³/mol. The molecule has 0 N–H and O–H groups in total. The molecule has 1 atom stereocenters. The molecule has 2 nitrogen and oxygen atoms in total. The molecule has 0 aromatic heterocycles. The number of ether oxygens (including phenoxy) is 2. The van der Waals surface area contributed by atoms with Gasteiger partial charge in [-0.15, -0.1) is 0 Å². The Hall–Kier alpha value is -0.540. The van der Waals surface area contributed by atoms with E-state index in [1.54, 1.807) is 7.11 Å². The SMILES string of the molecule is COC(C)COc1ccc(Br)c(C)c1. The molecule has 0 saturated heterocycles. The minimum atomic E-state index is 0.124. The van der Waals surface area contributed by atoms with Crippen LogP contribution in [0.4, 0.5) is 0 Å². The van der Waals surface area contributed by atoms with E-state index in [0.29, 0.717) is 6.61 Å². The first-order valence-electron chi connectivity index (χ1n) is 4.55. The van der Waals surface area contributed by atoms with Crippen LogP contribution < -0.4 is 4.74 Å². The molecule has 0 spiro atoms. The lowest BCUT2D eigenvalue weighted by Crippen LogP contribution is -2.15. The van der Waals surface area contributed by atoms with Crippen molar-refractivity contribution in [1.29, 1.82) is 0 Å². The lowest BCUT2D eigenvalue weighted by atomic mass is 10.2. The van der Waals surface area contributed by atoms with E-state index >= 15 is 0 Å². The van der Waals surface area contributed by atoms with E-state index in [2.05, 4.69) is 15.9 Å². The van der Waals surface area contributed by atoms with Gasteiger partial charge in [-0.25, -0.2) is 0 Å². The Kier molecular flexibility index (Phi) is 4.42. The van der Waals surface area contributed by atoms with Gasteiger partial charge >= 0.3 is 0 Å². The Morgan fingerprint density at radius 3 is 2.71 bits per heavy atom. The second kappa shape index (κ2) is 5.37. The fourth-order valence-corrected chi connectivity index (χ4v) is 1.24. The van der Waals surface area contributed by atoms with Gasteiger partial charge in [0.25, 0.3) is 0 Å². The molecule has 0 aliphatic rings. The van der Waals surface area contributed by atoms with Gasteiger partial charge in [0, 0.05) is 11.6 Å². The summed E-state index contributed by atoms with van der Waals surface area (Å²) < 4.78 is 11.7. The maximum atomic E-state index is 5.55. The molecule has 1 unspecified atom stereocenters. The number of methoxy groups -OCH3 is 1. The van der Waals surface area contributed by atoms with E-state index < -0.39 is 0 Å². The predicted octanol–water partition coefficient (Wildman–Crippen LogP) is 3.17. The minimum Gasteiger partial charge on any atom is -0.491 e. The van der Waals surface area contributed by atoms with Crippen LogP contribution in [0.3, 0.4) is 0 Å². The highest BCUT2D eigenvalue weighted by molar-refractivity contribution is 9.10. The zero-order valence-corrected chi connectivity index (χ0v) is 10.3. The number of hydrogen-bond acceptors (Lipinski definition) is 2. The number of halogens is 1. The first kappa shape index (κ1) is 11.5. The van der Waals surface area contributed by atoms with Crippen LogP contribution in [0.2, 0.25) is 0 Å². The van der Waals surface area contributed by atoms with Crippen molar-refractivity contribution in [2.45, 2.75) is 20.0 Å². The molecule has 1 aromatic carbocycles. The van der Waals surface area contributed by atoms with Crippen LogP contribution in [0, 0.1) is 6.92 Å². The highest BCUT2D eigenvalue weighted by atomic mass is 79.9. The largest absolute Gasteiger partial charge is 0.491 e. The molecule has 0 bridgehead atoms. The fraction of sp³-hybridized carbons (Fsp3) is 0.455. The lowest BCUT2D eigenvalue weighted by molar-refractivity contribution is 0.0716. The summed E-state index contributed by atoms with van der Waals surface area (Å²) in [4.78, 5) is 0. The highest BCUT2D eigenvalue weighted by Crippen LogP contribution is 2.21. The van der Waals surface area contributed by atoms with Gasteiger partial charge < -0.3 is 9.47 Å². The average Bonchev–Trinajstić information content (AvgIpc) is 2.19. The molecule has 1 aromatic rings. The lowest BCUT2D eigenvalue weighted by Gasteiger charge is -2.12. The molecule has 0 aliphatic carbocycles. The summed E-state index contributed by atoms with van der Waals surface area (Å²) in [5.41, 5.74) is 1.17. The quantitative estimate of drug-likeness (QED) is 0.826. The molecule has 14 heavy (non-hydrogen) atoms. The number of aryl methyl sites for hydroxylation is 1. The summed E-state index contributed by atoms with van der Waals surface area (Å²) in [5.74, 6) is 0.884. The van der Waals surface area contributed by atoms with Crippen LogP contribution in [0.15, 0.2) is 22.7 Å². The van der Waals surface area contributed by atoms with Crippen LogP contribution in [0.5, 0.6) is 5.75 Å². The van der Waals surface area contributed by atoms with Crippen molar-refractivity contribution >= 4 is 15.9 Å². The first-order valence-corrected chi connectivity index (χ1v) is 5.34. The van der Waals surface area contributed by atoms with Gasteiger partial charge in [-0.05, 0) is 37.6 Å². The molecule has 78 valence electrons. The number of rotatable bonds is 4. The van der Waals surface area contributed by atoms with E-state index in [9.17, 15) is 0 Å². The van der Waals surface area contributed by atoms with Gasteiger partial charge in [-0.1, -0.05) is 15.9 Å². The molecule has 0 radical (unpaired) electrons. The molecule has 0 fully saturated rings. The summed E-state index contributed by atoms with van der Waals surface area (Å²) in [7, 11) is 1.68. The Morgan fingerprint density at radius 2 is 2.14 bits per heavy atom. The summed E-state index contributed by atoms with van der Waals surface area (Å²) in [6.07, 6.45) is 0.124. The molecule has 0 amide bonds. The summed E-state index contributed by atoms with van der Waals surface area (Å²) in [5, 5.41) is 0. The van der Waals surface area contributed by atoms with Crippen LogP contribution in [-0.4, -0.2) is 19.8 Å². The van der Waals surface area contributed by atoms with Crippen LogP contribution >= 0.6 is 15.9 Å². The Labute approximate surface area is 93.4 Å². The second-order valence-corrected chi connectivity index (χ2v) is 4.12. The minimum absolute atomic E-state index is 0.124. The van der Waals surface area contributed by atoms with Gasteiger partial charge in [-0.2, -0.15) is 0 Å². The van der Waals surface area contributed by atoms with Crippen molar-refractivity contribution in [3.63, 3.8) is 0 Å². The van der Waals surface area contributed by atoms with Gasteiger partial charge in [0.15, 0.2) is 0 Å². The summed E-state index contributed by atoms with van der Waals surface area (Å²) in [6.45, 7) is 4.60. The third-order valence-corrected chi connectivity index (χ3v) is 2.91. The molecular weight excluding hydrogens is 244 g/mol. The van der Waals surface area contributed by atoms with Gasteiger partial charge in [-0.3, -0.25) is 0 Å². The standard InChI is InChI=1S/C11H15BrO2/c1-8-6-10(4-5-11(8)12)14-7-9(2)13-3/h4-6,9H,7H2,1-3H3. The maximum Gasteiger partial charge on any atom is 0.119 e. The summed E-state index contributed by atoms with van der Waals surface area (Å²) >= 11 is 3.44. The van der Waals surface area contributed by atoms with Crippen molar-refractivity contribution in [2.75, 3.05) is 13.7 Å². The van der Waals surface area contributed by atoms with Crippen molar-refractivity contribution in [3.8, 4) is 5.75 Å². The monoisotopic (exact) mass is 258 g/mol. The third kappa shape index (κ3) is 3.31. The van der Waals surface area contributed by atoms with Crippen LogP contribution in [0.1, 0.15) is 12.5 Å². The fourth-order valence-electron chi connectivity index (χ4n) is 0.989. The molecular formula is C11H15BrO2. The Morgan fingerprint density at radius 1 is 1.43 bits per heavy atom. The number of benzene rings is 1. The normalized spacial score (nSPS) is 12.6. The van der Waals surface area contributed by atoms with Crippen LogP contribution in [0.25, 0.3) is 0 Å². The molecule has 0 heterocycles. The van der Waals surface area contributed by atoms with Crippen LogP contribution in [-0.2, 0) is 4.74 Å². The van der Waals surface area contributed by atoms with E-state index in [0.717, 1.165) is 10.2 Å². The van der Waals surface area contributed by atoms with Crippen molar-refractivity contribution < 1.29 is 9.47 Å². The highest BCUT2D eigenvalue weighted by Gasteiger charge is 2.02. The van der Waals surface area contributed by atoms with Gasteiger partial charge in [0.1, 0.15) is 12.4 Å². The van der Waals surface area contributed by atoms with Crippen molar-refractivity contribution in [2.24, 2.45) is 0 Å². The molecule has 3 heteroatoms.